The minimum Gasteiger partial charge on any atom is -0.394 e. The lowest BCUT2D eigenvalue weighted by Gasteiger charge is -2.27. The van der Waals surface area contributed by atoms with Gasteiger partial charge >= 0.3 is 0 Å². The third-order valence-corrected chi connectivity index (χ3v) is 3.86. The SMILES string of the molecule is CC(C)(C)c1cc(C(=O)NC2(CO)CCCC2)n[nH]1. The fourth-order valence-electron chi connectivity index (χ4n) is 2.50. The van der Waals surface area contributed by atoms with E-state index < -0.39 is 5.54 Å². The van der Waals surface area contributed by atoms with E-state index in [0.29, 0.717) is 5.69 Å². The van der Waals surface area contributed by atoms with Crippen LogP contribution in [0.4, 0.5) is 0 Å². The maximum Gasteiger partial charge on any atom is 0.272 e. The van der Waals surface area contributed by atoms with Crippen LogP contribution in [-0.2, 0) is 5.41 Å². The van der Waals surface area contributed by atoms with E-state index in [-0.39, 0.29) is 17.9 Å². The lowest BCUT2D eigenvalue weighted by molar-refractivity contribution is 0.0833. The van der Waals surface area contributed by atoms with Crippen molar-refractivity contribution in [2.75, 3.05) is 6.61 Å². The Bertz CT molecular complexity index is 454. The number of rotatable bonds is 3. The van der Waals surface area contributed by atoms with Crippen molar-refractivity contribution in [1.29, 1.82) is 0 Å². The van der Waals surface area contributed by atoms with E-state index in [1.54, 1.807) is 6.07 Å². The molecule has 5 nitrogen and oxygen atoms in total. The molecule has 3 N–H and O–H groups in total. The highest BCUT2D eigenvalue weighted by Gasteiger charge is 2.35. The molecule has 1 fully saturated rings. The van der Waals surface area contributed by atoms with Gasteiger partial charge in [-0.15, -0.1) is 0 Å². The minimum absolute atomic E-state index is 0.00467. The van der Waals surface area contributed by atoms with Gasteiger partial charge in [0.2, 0.25) is 0 Å². The van der Waals surface area contributed by atoms with E-state index >= 15 is 0 Å². The van der Waals surface area contributed by atoms with Crippen molar-refractivity contribution in [3.05, 3.63) is 17.5 Å². The zero-order valence-corrected chi connectivity index (χ0v) is 11.9. The Morgan fingerprint density at radius 3 is 2.58 bits per heavy atom. The zero-order valence-electron chi connectivity index (χ0n) is 11.9. The molecule has 0 bridgehead atoms. The molecule has 2 rings (SSSR count). The number of aromatic nitrogens is 2. The summed E-state index contributed by atoms with van der Waals surface area (Å²) in [6, 6.07) is 1.79. The molecule has 1 aromatic rings. The minimum atomic E-state index is -0.446. The fourth-order valence-corrected chi connectivity index (χ4v) is 2.50. The number of carbonyl (C=O) groups is 1. The second kappa shape index (κ2) is 4.96. The molecule has 0 atom stereocenters. The summed E-state index contributed by atoms with van der Waals surface area (Å²) in [6.45, 7) is 6.19. The summed E-state index contributed by atoms with van der Waals surface area (Å²) in [5.41, 5.74) is 0.817. The van der Waals surface area contributed by atoms with Gasteiger partial charge in [-0.2, -0.15) is 5.10 Å². The number of aliphatic hydroxyl groups is 1. The molecule has 0 radical (unpaired) electrons. The molecule has 0 aliphatic heterocycles. The molecule has 106 valence electrons. The smallest absolute Gasteiger partial charge is 0.272 e. The highest BCUT2D eigenvalue weighted by Crippen LogP contribution is 2.29. The van der Waals surface area contributed by atoms with Gasteiger partial charge in [0, 0.05) is 11.1 Å². The Hall–Kier alpha value is -1.36. The van der Waals surface area contributed by atoms with Crippen molar-refractivity contribution >= 4 is 5.91 Å². The summed E-state index contributed by atoms with van der Waals surface area (Å²) in [6.07, 6.45) is 3.78. The van der Waals surface area contributed by atoms with Gasteiger partial charge < -0.3 is 10.4 Å². The summed E-state index contributed by atoms with van der Waals surface area (Å²) >= 11 is 0. The Kier molecular flexibility index (Phi) is 3.67. The Balaban J connectivity index is 2.10. The van der Waals surface area contributed by atoms with Crippen LogP contribution < -0.4 is 5.32 Å². The van der Waals surface area contributed by atoms with Gasteiger partial charge in [-0.25, -0.2) is 0 Å². The van der Waals surface area contributed by atoms with Crippen molar-refractivity contribution in [2.24, 2.45) is 0 Å². The molecule has 0 unspecified atom stereocenters. The van der Waals surface area contributed by atoms with Gasteiger partial charge in [-0.1, -0.05) is 33.6 Å². The standard InChI is InChI=1S/C14H23N3O2/c1-13(2,3)11-8-10(16-17-11)12(19)15-14(9-18)6-4-5-7-14/h8,18H,4-7,9H2,1-3H3,(H,15,19)(H,16,17). The summed E-state index contributed by atoms with van der Waals surface area (Å²) in [5.74, 6) is -0.206. The first-order valence-electron chi connectivity index (χ1n) is 6.86. The Morgan fingerprint density at radius 2 is 2.11 bits per heavy atom. The third kappa shape index (κ3) is 2.97. The molecule has 5 heteroatoms. The van der Waals surface area contributed by atoms with E-state index in [9.17, 15) is 9.90 Å². The van der Waals surface area contributed by atoms with Crippen LogP contribution in [0.25, 0.3) is 0 Å². The molecule has 1 aromatic heterocycles. The van der Waals surface area contributed by atoms with Crippen molar-refractivity contribution in [3.8, 4) is 0 Å². The number of hydrogen-bond donors (Lipinski definition) is 3. The van der Waals surface area contributed by atoms with Crippen LogP contribution in [0.2, 0.25) is 0 Å². The molecule has 0 saturated heterocycles. The first kappa shape index (κ1) is 14.1. The van der Waals surface area contributed by atoms with Crippen molar-refractivity contribution in [3.63, 3.8) is 0 Å². The van der Waals surface area contributed by atoms with E-state index in [1.165, 1.54) is 0 Å². The van der Waals surface area contributed by atoms with Gasteiger partial charge in [-0.05, 0) is 18.9 Å². The van der Waals surface area contributed by atoms with Gasteiger partial charge in [-0.3, -0.25) is 9.89 Å². The summed E-state index contributed by atoms with van der Waals surface area (Å²) < 4.78 is 0. The topological polar surface area (TPSA) is 78.0 Å². The zero-order chi connectivity index (χ0) is 14.1. The molecule has 19 heavy (non-hydrogen) atoms. The molecule has 1 heterocycles. The Morgan fingerprint density at radius 1 is 1.47 bits per heavy atom. The second-order valence-electron chi connectivity index (χ2n) is 6.52. The number of hydrogen-bond acceptors (Lipinski definition) is 3. The Labute approximate surface area is 113 Å². The van der Waals surface area contributed by atoms with Gasteiger partial charge in [0.15, 0.2) is 0 Å². The van der Waals surface area contributed by atoms with E-state index in [1.807, 2.05) is 0 Å². The van der Waals surface area contributed by atoms with Gasteiger partial charge in [0.05, 0.1) is 12.1 Å². The van der Waals surface area contributed by atoms with Crippen LogP contribution >= 0.6 is 0 Å². The largest absolute Gasteiger partial charge is 0.394 e. The van der Waals surface area contributed by atoms with E-state index in [0.717, 1.165) is 31.4 Å². The lowest BCUT2D eigenvalue weighted by atomic mass is 9.92. The molecular formula is C14H23N3O2. The maximum atomic E-state index is 12.2. The molecule has 1 saturated carbocycles. The quantitative estimate of drug-likeness (QED) is 0.779. The number of carbonyl (C=O) groups excluding carboxylic acids is 1. The van der Waals surface area contributed by atoms with E-state index in [2.05, 4.69) is 36.3 Å². The van der Waals surface area contributed by atoms with Crippen LogP contribution in [0.15, 0.2) is 6.07 Å². The van der Waals surface area contributed by atoms with Crippen molar-refractivity contribution < 1.29 is 9.90 Å². The van der Waals surface area contributed by atoms with Gasteiger partial charge in [0.1, 0.15) is 5.69 Å². The maximum absolute atomic E-state index is 12.2. The molecule has 1 aliphatic rings. The number of aliphatic hydroxyl groups excluding tert-OH is 1. The highest BCUT2D eigenvalue weighted by atomic mass is 16.3. The van der Waals surface area contributed by atoms with Gasteiger partial charge in [0.25, 0.3) is 5.91 Å². The first-order valence-corrected chi connectivity index (χ1v) is 6.86. The fraction of sp³-hybridized carbons (Fsp3) is 0.714. The first-order chi connectivity index (χ1) is 8.86. The lowest BCUT2D eigenvalue weighted by Crippen LogP contribution is -2.49. The third-order valence-electron chi connectivity index (χ3n) is 3.86. The van der Waals surface area contributed by atoms with Crippen LogP contribution in [0, 0.1) is 0 Å². The number of amides is 1. The number of aromatic amines is 1. The average molecular weight is 265 g/mol. The number of nitrogens with one attached hydrogen (secondary N) is 2. The highest BCUT2D eigenvalue weighted by molar-refractivity contribution is 5.93. The molecule has 0 aromatic carbocycles. The molecule has 1 amide bonds. The predicted octanol–water partition coefficient (Wildman–Crippen LogP) is 1.74. The number of H-pyrrole nitrogens is 1. The molecule has 1 aliphatic carbocycles. The van der Waals surface area contributed by atoms with Crippen LogP contribution in [-0.4, -0.2) is 33.4 Å². The van der Waals surface area contributed by atoms with Crippen LogP contribution in [0.1, 0.15) is 62.6 Å². The van der Waals surface area contributed by atoms with Crippen molar-refractivity contribution in [2.45, 2.75) is 57.4 Å². The van der Waals surface area contributed by atoms with E-state index in [4.69, 9.17) is 0 Å². The van der Waals surface area contributed by atoms with Crippen LogP contribution in [0.5, 0.6) is 0 Å². The summed E-state index contributed by atoms with van der Waals surface area (Å²) in [4.78, 5) is 12.2. The van der Waals surface area contributed by atoms with Crippen LogP contribution in [0.3, 0.4) is 0 Å². The predicted molar refractivity (Wildman–Crippen MR) is 73.0 cm³/mol. The summed E-state index contributed by atoms with van der Waals surface area (Å²) in [5, 5.41) is 19.4. The second-order valence-corrected chi connectivity index (χ2v) is 6.52. The average Bonchev–Trinajstić information content (AvgIpc) is 2.97. The number of nitrogens with zero attached hydrogens (tertiary/aromatic N) is 1. The van der Waals surface area contributed by atoms with Crippen molar-refractivity contribution in [1.82, 2.24) is 15.5 Å². The molecule has 0 spiro atoms. The normalized spacial score (nSPS) is 18.5. The monoisotopic (exact) mass is 265 g/mol. The summed E-state index contributed by atoms with van der Waals surface area (Å²) in [7, 11) is 0. The molecular weight excluding hydrogens is 242 g/mol.